The number of β-lactam (4-membered cyclic amide) rings is 1. The monoisotopic (exact) mass is 257 g/mol. The molecule has 2 rings (SSSR count). The molecule has 1 fully saturated rings. The Hall–Kier alpha value is -1.54. The first-order chi connectivity index (χ1) is 7.93. The average Bonchev–Trinajstić information content (AvgIpc) is 2.26. The summed E-state index contributed by atoms with van der Waals surface area (Å²) in [7, 11) is 0. The molecule has 2 heterocycles. The molecular formula is C9H11N3O4S. The van der Waals surface area contributed by atoms with Gasteiger partial charge in [0.05, 0.1) is 6.42 Å². The zero-order chi connectivity index (χ0) is 12.7. The van der Waals surface area contributed by atoms with Gasteiger partial charge in [-0.3, -0.25) is 14.5 Å². The summed E-state index contributed by atoms with van der Waals surface area (Å²) in [5, 5.41) is 8.75. The minimum Gasteiger partial charge on any atom is -0.477 e. The normalized spacial score (nSPS) is 27.6. The van der Waals surface area contributed by atoms with Gasteiger partial charge >= 0.3 is 5.97 Å². The predicted molar refractivity (Wildman–Crippen MR) is 59.5 cm³/mol. The van der Waals surface area contributed by atoms with Crippen molar-refractivity contribution in [1.29, 1.82) is 0 Å². The van der Waals surface area contributed by atoms with Gasteiger partial charge in [0.15, 0.2) is 0 Å². The molecule has 2 amide bonds. The molecule has 2 atom stereocenters. The summed E-state index contributed by atoms with van der Waals surface area (Å²) in [5.74, 6) is -1.92. The van der Waals surface area contributed by atoms with Crippen molar-refractivity contribution in [3.05, 3.63) is 11.3 Å². The van der Waals surface area contributed by atoms with Crippen molar-refractivity contribution in [2.24, 2.45) is 11.5 Å². The van der Waals surface area contributed by atoms with E-state index in [-0.39, 0.29) is 17.5 Å². The quantitative estimate of drug-likeness (QED) is 0.525. The van der Waals surface area contributed by atoms with Crippen LogP contribution in [0.5, 0.6) is 0 Å². The molecule has 0 aromatic carbocycles. The van der Waals surface area contributed by atoms with Crippen LogP contribution >= 0.6 is 11.8 Å². The van der Waals surface area contributed by atoms with Crippen LogP contribution < -0.4 is 11.5 Å². The molecule has 8 heteroatoms. The van der Waals surface area contributed by atoms with Crippen LogP contribution in [0.4, 0.5) is 0 Å². The molecule has 0 saturated carbocycles. The maximum Gasteiger partial charge on any atom is 0.352 e. The van der Waals surface area contributed by atoms with Crippen LogP contribution in [-0.4, -0.2) is 45.0 Å². The number of carbonyl (C=O) groups excluding carboxylic acids is 2. The molecule has 17 heavy (non-hydrogen) atoms. The lowest BCUT2D eigenvalue weighted by molar-refractivity contribution is -0.148. The van der Waals surface area contributed by atoms with E-state index in [1.165, 1.54) is 11.8 Å². The molecule has 5 N–H and O–H groups in total. The number of hydrogen-bond donors (Lipinski definition) is 3. The van der Waals surface area contributed by atoms with E-state index < -0.39 is 23.8 Å². The topological polar surface area (TPSA) is 127 Å². The summed E-state index contributed by atoms with van der Waals surface area (Å²) < 4.78 is 0. The molecule has 1 saturated heterocycles. The Morgan fingerprint density at radius 1 is 1.53 bits per heavy atom. The van der Waals surface area contributed by atoms with Crippen molar-refractivity contribution >= 4 is 29.5 Å². The third-order valence-corrected chi connectivity index (χ3v) is 4.04. The van der Waals surface area contributed by atoms with E-state index in [4.69, 9.17) is 16.6 Å². The van der Waals surface area contributed by atoms with Crippen LogP contribution in [0.1, 0.15) is 6.42 Å². The number of aliphatic carboxylic acids is 1. The molecule has 0 radical (unpaired) electrons. The van der Waals surface area contributed by atoms with Crippen LogP contribution in [-0.2, 0) is 14.4 Å². The smallest absolute Gasteiger partial charge is 0.352 e. The molecular weight excluding hydrogens is 246 g/mol. The molecule has 0 aromatic rings. The van der Waals surface area contributed by atoms with E-state index in [1.54, 1.807) is 0 Å². The van der Waals surface area contributed by atoms with Crippen LogP contribution in [0.3, 0.4) is 0 Å². The summed E-state index contributed by atoms with van der Waals surface area (Å²) in [6.45, 7) is 0. The van der Waals surface area contributed by atoms with Gasteiger partial charge in [-0.15, -0.1) is 11.8 Å². The highest BCUT2D eigenvalue weighted by Crippen LogP contribution is 2.40. The third-order valence-electron chi connectivity index (χ3n) is 2.68. The number of carbonyl (C=O) groups is 3. The van der Waals surface area contributed by atoms with E-state index in [0.29, 0.717) is 11.3 Å². The van der Waals surface area contributed by atoms with Gasteiger partial charge in [-0.2, -0.15) is 0 Å². The molecule has 0 spiro atoms. The maximum absolute atomic E-state index is 11.5. The number of primary amides is 1. The fourth-order valence-corrected chi connectivity index (χ4v) is 3.22. The van der Waals surface area contributed by atoms with Crippen molar-refractivity contribution in [2.45, 2.75) is 17.8 Å². The lowest BCUT2D eigenvalue weighted by Gasteiger charge is -2.47. The van der Waals surface area contributed by atoms with Gasteiger partial charge < -0.3 is 16.6 Å². The lowest BCUT2D eigenvalue weighted by Crippen LogP contribution is -2.68. The SMILES string of the molecule is NC(=O)CC1=C(C(=O)O)N2C(=O)C(N)[C@H]2SC1. The predicted octanol–water partition coefficient (Wildman–Crippen LogP) is -1.56. The van der Waals surface area contributed by atoms with Gasteiger partial charge in [-0.1, -0.05) is 0 Å². The number of fused-ring (bicyclic) bond motifs is 1. The summed E-state index contributed by atoms with van der Waals surface area (Å²) in [4.78, 5) is 34.6. The standard InChI is InChI=1S/C9H11N3O4S/c10-4(13)1-3-2-17-8-5(11)7(14)12(8)6(3)9(15)16/h5,8H,1-2,11H2,(H2,10,13)(H,15,16)/t5?,8-/m1/s1. The Morgan fingerprint density at radius 2 is 2.18 bits per heavy atom. The van der Waals surface area contributed by atoms with Crippen LogP contribution in [0.25, 0.3) is 0 Å². The number of nitrogens with two attached hydrogens (primary N) is 2. The fraction of sp³-hybridized carbons (Fsp3) is 0.444. The molecule has 0 aliphatic carbocycles. The van der Waals surface area contributed by atoms with E-state index in [1.807, 2.05) is 0 Å². The van der Waals surface area contributed by atoms with Crippen molar-refractivity contribution in [3.8, 4) is 0 Å². The Labute approximate surface area is 101 Å². The zero-order valence-corrected chi connectivity index (χ0v) is 9.57. The highest BCUT2D eigenvalue weighted by Gasteiger charge is 2.51. The average molecular weight is 257 g/mol. The van der Waals surface area contributed by atoms with Gasteiger partial charge in [-0.05, 0) is 5.57 Å². The molecule has 92 valence electrons. The van der Waals surface area contributed by atoms with Gasteiger partial charge in [0.2, 0.25) is 11.8 Å². The molecule has 2 aliphatic heterocycles. The van der Waals surface area contributed by atoms with Crippen molar-refractivity contribution in [3.63, 3.8) is 0 Å². The first-order valence-corrected chi connectivity index (χ1v) is 5.92. The fourth-order valence-electron chi connectivity index (χ4n) is 1.93. The van der Waals surface area contributed by atoms with E-state index in [9.17, 15) is 14.4 Å². The van der Waals surface area contributed by atoms with Crippen LogP contribution in [0, 0.1) is 0 Å². The second-order valence-electron chi connectivity index (χ2n) is 3.84. The van der Waals surface area contributed by atoms with Crippen LogP contribution in [0.2, 0.25) is 0 Å². The number of rotatable bonds is 3. The van der Waals surface area contributed by atoms with Crippen molar-refractivity contribution in [2.75, 3.05) is 5.75 Å². The van der Waals surface area contributed by atoms with Gasteiger partial charge in [0, 0.05) is 5.75 Å². The number of thioether (sulfide) groups is 1. The highest BCUT2D eigenvalue weighted by atomic mass is 32.2. The molecule has 0 aromatic heterocycles. The molecule has 7 nitrogen and oxygen atoms in total. The molecule has 2 aliphatic rings. The van der Waals surface area contributed by atoms with Crippen molar-refractivity contribution in [1.82, 2.24) is 4.90 Å². The number of hydrogen-bond acceptors (Lipinski definition) is 5. The third kappa shape index (κ3) is 1.79. The van der Waals surface area contributed by atoms with Gasteiger partial charge in [0.25, 0.3) is 0 Å². The minimum atomic E-state index is -1.23. The Balaban J connectivity index is 2.36. The Bertz CT molecular complexity index is 448. The first-order valence-electron chi connectivity index (χ1n) is 4.87. The molecule has 0 bridgehead atoms. The zero-order valence-electron chi connectivity index (χ0n) is 8.75. The number of carboxylic acid groups (broad SMARTS) is 1. The minimum absolute atomic E-state index is 0.140. The number of nitrogens with zero attached hydrogens (tertiary/aromatic N) is 1. The van der Waals surface area contributed by atoms with E-state index in [2.05, 4.69) is 0 Å². The largest absolute Gasteiger partial charge is 0.477 e. The highest BCUT2D eigenvalue weighted by molar-refractivity contribution is 8.00. The number of carboxylic acids is 1. The van der Waals surface area contributed by atoms with Crippen molar-refractivity contribution < 1.29 is 19.5 Å². The maximum atomic E-state index is 11.5. The summed E-state index contributed by atoms with van der Waals surface area (Å²) >= 11 is 1.35. The second kappa shape index (κ2) is 4.04. The lowest BCUT2D eigenvalue weighted by atomic mass is 10.0. The first kappa shape index (κ1) is 11.9. The molecule has 1 unspecified atom stereocenters. The van der Waals surface area contributed by atoms with E-state index in [0.717, 1.165) is 4.90 Å². The van der Waals surface area contributed by atoms with Crippen LogP contribution in [0.15, 0.2) is 11.3 Å². The summed E-state index contributed by atoms with van der Waals surface area (Å²) in [5.41, 5.74) is 10.8. The Morgan fingerprint density at radius 3 is 2.71 bits per heavy atom. The number of amides is 2. The summed E-state index contributed by atoms with van der Waals surface area (Å²) in [6.07, 6.45) is -0.152. The van der Waals surface area contributed by atoms with Gasteiger partial charge in [0.1, 0.15) is 17.1 Å². The second-order valence-corrected chi connectivity index (χ2v) is 4.94. The van der Waals surface area contributed by atoms with Gasteiger partial charge in [-0.25, -0.2) is 4.79 Å². The van der Waals surface area contributed by atoms with E-state index >= 15 is 0 Å². The Kier molecular flexibility index (Phi) is 2.84. The summed E-state index contributed by atoms with van der Waals surface area (Å²) in [6, 6.07) is -0.663.